The molecule has 0 aromatic heterocycles. The van der Waals surface area contributed by atoms with Gasteiger partial charge in [-0.3, -0.25) is 10.1 Å². The van der Waals surface area contributed by atoms with Gasteiger partial charge in [-0.15, -0.1) is 0 Å². The van der Waals surface area contributed by atoms with Crippen molar-refractivity contribution >= 4 is 11.4 Å². The van der Waals surface area contributed by atoms with E-state index in [1.165, 1.54) is 19.2 Å². The molecule has 1 atom stereocenters. The number of anilines is 1. The number of hydrogen-bond donors (Lipinski definition) is 1. The van der Waals surface area contributed by atoms with E-state index in [1.807, 2.05) is 0 Å². The maximum absolute atomic E-state index is 10.6. The number of rotatable bonds is 6. The van der Waals surface area contributed by atoms with E-state index in [-0.39, 0.29) is 5.69 Å². The van der Waals surface area contributed by atoms with E-state index in [1.54, 1.807) is 6.07 Å². The van der Waals surface area contributed by atoms with Gasteiger partial charge in [0.1, 0.15) is 5.75 Å². The highest BCUT2D eigenvalue weighted by molar-refractivity contribution is 5.60. The molecule has 17 heavy (non-hydrogen) atoms. The maximum atomic E-state index is 10.6. The molecule has 0 aliphatic heterocycles. The summed E-state index contributed by atoms with van der Waals surface area (Å²) >= 11 is 0. The van der Waals surface area contributed by atoms with E-state index in [0.29, 0.717) is 11.7 Å². The number of methoxy groups -OCH3 is 1. The lowest BCUT2D eigenvalue weighted by Crippen LogP contribution is -2.11. The highest BCUT2D eigenvalue weighted by Crippen LogP contribution is 2.29. The quantitative estimate of drug-likeness (QED) is 0.611. The zero-order valence-corrected chi connectivity index (χ0v) is 10.4. The van der Waals surface area contributed by atoms with Crippen LogP contribution in [0.15, 0.2) is 18.2 Å². The average molecular weight is 238 g/mol. The summed E-state index contributed by atoms with van der Waals surface area (Å²) < 4.78 is 5.14. The summed E-state index contributed by atoms with van der Waals surface area (Å²) in [5, 5.41) is 13.9. The molecule has 0 radical (unpaired) electrons. The Morgan fingerprint density at radius 3 is 2.76 bits per heavy atom. The first kappa shape index (κ1) is 13.3. The van der Waals surface area contributed by atoms with E-state index in [4.69, 9.17) is 4.74 Å². The van der Waals surface area contributed by atoms with Crippen molar-refractivity contribution in [2.45, 2.75) is 20.3 Å². The van der Waals surface area contributed by atoms with Crippen LogP contribution in [0.2, 0.25) is 0 Å². The van der Waals surface area contributed by atoms with Gasteiger partial charge < -0.3 is 10.1 Å². The predicted octanol–water partition coefficient (Wildman–Crippen LogP) is 3.06. The minimum absolute atomic E-state index is 0.0379. The van der Waals surface area contributed by atoms with Crippen LogP contribution in [0.5, 0.6) is 5.75 Å². The number of hydrogen-bond acceptors (Lipinski definition) is 4. The number of nitro groups is 1. The third-order valence-corrected chi connectivity index (χ3v) is 2.73. The predicted molar refractivity (Wildman–Crippen MR) is 67.6 cm³/mol. The van der Waals surface area contributed by atoms with Crippen LogP contribution < -0.4 is 10.1 Å². The smallest absolute Gasteiger partial charge is 0.273 e. The molecular formula is C12H18N2O3. The second-order valence-electron chi connectivity index (χ2n) is 4.04. The molecule has 0 saturated carbocycles. The second kappa shape index (κ2) is 6.08. The van der Waals surface area contributed by atoms with Gasteiger partial charge >= 0.3 is 0 Å². The number of non-ortho nitro benzene ring substituents is 1. The summed E-state index contributed by atoms with van der Waals surface area (Å²) in [6.07, 6.45) is 1.09. The summed E-state index contributed by atoms with van der Waals surface area (Å²) in [7, 11) is 1.51. The van der Waals surface area contributed by atoms with Gasteiger partial charge in [-0.05, 0) is 12.0 Å². The lowest BCUT2D eigenvalue weighted by atomic mass is 10.1. The second-order valence-corrected chi connectivity index (χ2v) is 4.04. The Balaban J connectivity index is 2.82. The van der Waals surface area contributed by atoms with Gasteiger partial charge in [0.2, 0.25) is 0 Å². The Hall–Kier alpha value is -1.78. The topological polar surface area (TPSA) is 64.4 Å². The highest BCUT2D eigenvalue weighted by Gasteiger charge is 2.11. The van der Waals surface area contributed by atoms with E-state index < -0.39 is 4.92 Å². The first-order valence-electron chi connectivity index (χ1n) is 5.64. The molecule has 0 amide bonds. The van der Waals surface area contributed by atoms with Crippen molar-refractivity contribution in [3.63, 3.8) is 0 Å². The Labute approximate surface area is 101 Å². The molecule has 1 aromatic carbocycles. The zero-order chi connectivity index (χ0) is 12.8. The molecule has 0 saturated heterocycles. The standard InChI is InChI=1S/C12H18N2O3/c1-4-9(2)8-13-11-6-5-10(14(15)16)7-12(11)17-3/h5-7,9,13H,4,8H2,1-3H3. The van der Waals surface area contributed by atoms with Gasteiger partial charge in [-0.25, -0.2) is 0 Å². The molecule has 5 nitrogen and oxygen atoms in total. The van der Waals surface area contributed by atoms with Crippen LogP contribution in [-0.2, 0) is 0 Å². The zero-order valence-electron chi connectivity index (χ0n) is 10.4. The van der Waals surface area contributed by atoms with E-state index in [2.05, 4.69) is 19.2 Å². The number of nitrogens with zero attached hydrogens (tertiary/aromatic N) is 1. The summed E-state index contributed by atoms with van der Waals surface area (Å²) in [6.45, 7) is 5.09. The molecular weight excluding hydrogens is 220 g/mol. The van der Waals surface area contributed by atoms with Crippen LogP contribution in [0.3, 0.4) is 0 Å². The molecule has 1 rings (SSSR count). The van der Waals surface area contributed by atoms with E-state index >= 15 is 0 Å². The Morgan fingerprint density at radius 2 is 2.24 bits per heavy atom. The third-order valence-electron chi connectivity index (χ3n) is 2.73. The van der Waals surface area contributed by atoms with Crippen molar-refractivity contribution in [3.8, 4) is 5.75 Å². The normalized spacial score (nSPS) is 11.9. The van der Waals surface area contributed by atoms with Gasteiger partial charge in [-0.2, -0.15) is 0 Å². The lowest BCUT2D eigenvalue weighted by Gasteiger charge is -2.14. The van der Waals surface area contributed by atoms with Crippen molar-refractivity contribution in [2.75, 3.05) is 19.0 Å². The molecule has 94 valence electrons. The largest absolute Gasteiger partial charge is 0.494 e. The van der Waals surface area contributed by atoms with Crippen LogP contribution in [0, 0.1) is 16.0 Å². The third kappa shape index (κ3) is 3.62. The van der Waals surface area contributed by atoms with Crippen LogP contribution >= 0.6 is 0 Å². The summed E-state index contributed by atoms with van der Waals surface area (Å²) in [5.74, 6) is 1.05. The van der Waals surface area contributed by atoms with Gasteiger partial charge in [0.25, 0.3) is 5.69 Å². The SMILES string of the molecule is CCC(C)CNc1ccc([N+](=O)[O-])cc1OC. The molecule has 0 aliphatic rings. The van der Waals surface area contributed by atoms with Crippen molar-refractivity contribution in [1.82, 2.24) is 0 Å². The van der Waals surface area contributed by atoms with Crippen molar-refractivity contribution in [2.24, 2.45) is 5.92 Å². The minimum atomic E-state index is -0.430. The lowest BCUT2D eigenvalue weighted by molar-refractivity contribution is -0.384. The van der Waals surface area contributed by atoms with Crippen LogP contribution in [0.25, 0.3) is 0 Å². The number of nitro benzene ring substituents is 1. The van der Waals surface area contributed by atoms with Crippen molar-refractivity contribution in [1.29, 1.82) is 0 Å². The molecule has 1 aromatic rings. The summed E-state index contributed by atoms with van der Waals surface area (Å²) in [6, 6.07) is 4.58. The van der Waals surface area contributed by atoms with E-state index in [9.17, 15) is 10.1 Å². The number of ether oxygens (including phenoxy) is 1. The van der Waals surface area contributed by atoms with Crippen LogP contribution in [-0.4, -0.2) is 18.6 Å². The average Bonchev–Trinajstić information content (AvgIpc) is 2.35. The molecule has 0 fully saturated rings. The first-order valence-corrected chi connectivity index (χ1v) is 5.64. The minimum Gasteiger partial charge on any atom is -0.494 e. The number of benzene rings is 1. The fourth-order valence-corrected chi connectivity index (χ4v) is 1.37. The van der Waals surface area contributed by atoms with Gasteiger partial charge in [0.15, 0.2) is 0 Å². The van der Waals surface area contributed by atoms with Gasteiger partial charge in [0, 0.05) is 12.6 Å². The summed E-state index contributed by atoms with van der Waals surface area (Å²) in [4.78, 5) is 10.2. The monoisotopic (exact) mass is 238 g/mol. The van der Waals surface area contributed by atoms with Crippen LogP contribution in [0.1, 0.15) is 20.3 Å². The van der Waals surface area contributed by atoms with Gasteiger partial charge in [-0.1, -0.05) is 20.3 Å². The molecule has 1 N–H and O–H groups in total. The van der Waals surface area contributed by atoms with Crippen molar-refractivity contribution in [3.05, 3.63) is 28.3 Å². The Kier molecular flexibility index (Phi) is 4.75. The Bertz CT molecular complexity index is 393. The Morgan fingerprint density at radius 1 is 1.53 bits per heavy atom. The molecule has 0 heterocycles. The fourth-order valence-electron chi connectivity index (χ4n) is 1.37. The van der Waals surface area contributed by atoms with Crippen LogP contribution in [0.4, 0.5) is 11.4 Å². The molecule has 0 aliphatic carbocycles. The van der Waals surface area contributed by atoms with Gasteiger partial charge in [0.05, 0.1) is 23.8 Å². The molecule has 1 unspecified atom stereocenters. The van der Waals surface area contributed by atoms with Crippen molar-refractivity contribution < 1.29 is 9.66 Å². The highest BCUT2D eigenvalue weighted by atomic mass is 16.6. The first-order chi connectivity index (χ1) is 8.08. The molecule has 0 spiro atoms. The molecule has 0 bridgehead atoms. The number of nitrogens with one attached hydrogen (secondary N) is 1. The maximum Gasteiger partial charge on any atom is 0.273 e. The molecule has 5 heteroatoms. The fraction of sp³-hybridized carbons (Fsp3) is 0.500. The summed E-state index contributed by atoms with van der Waals surface area (Å²) in [5.41, 5.74) is 0.828. The van der Waals surface area contributed by atoms with E-state index in [0.717, 1.165) is 18.7 Å².